The molecule has 0 saturated heterocycles. The number of hydrogen-bond acceptors (Lipinski definition) is 4. The Bertz CT molecular complexity index is 534. The minimum atomic E-state index is 0.000511. The molecule has 5 heteroatoms. The summed E-state index contributed by atoms with van der Waals surface area (Å²) < 4.78 is 1.05. The second-order valence-corrected chi connectivity index (χ2v) is 5.77. The van der Waals surface area contributed by atoms with Gasteiger partial charge in [0.05, 0.1) is 15.1 Å². The van der Waals surface area contributed by atoms with Gasteiger partial charge in [-0.25, -0.2) is 0 Å². The molecule has 2 heterocycles. The number of fused-ring (bicyclic) bond motifs is 1. The van der Waals surface area contributed by atoms with Crippen LogP contribution in [-0.4, -0.2) is 42.0 Å². The van der Waals surface area contributed by atoms with Crippen molar-refractivity contribution in [2.75, 3.05) is 26.2 Å². The molecule has 1 N–H and O–H groups in total. The van der Waals surface area contributed by atoms with Crippen molar-refractivity contribution in [3.05, 3.63) is 29.3 Å². The zero-order valence-electron chi connectivity index (χ0n) is 12.1. The fourth-order valence-corrected chi connectivity index (χ4v) is 3.08. The summed E-state index contributed by atoms with van der Waals surface area (Å²) in [5, 5.41) is 2.99. The lowest BCUT2D eigenvalue weighted by Crippen LogP contribution is -2.35. The van der Waals surface area contributed by atoms with Crippen LogP contribution in [-0.2, 0) is 0 Å². The predicted octanol–water partition coefficient (Wildman–Crippen LogP) is 2.76. The fourth-order valence-electron chi connectivity index (χ4n) is 2.14. The number of amides is 1. The Balaban J connectivity index is 1.88. The third-order valence-corrected chi connectivity index (χ3v) is 4.30. The first-order chi connectivity index (χ1) is 9.74. The Hall–Kier alpha value is -1.46. The number of carbonyl (C=O) groups excluding carboxylic acids is 1. The molecular weight excluding hydrogens is 270 g/mol. The SMILES string of the molecule is CCCN(CC)CCNC(=O)c1cc2ncccc2s1. The molecule has 4 nitrogen and oxygen atoms in total. The molecule has 1 amide bonds. The van der Waals surface area contributed by atoms with E-state index in [9.17, 15) is 4.79 Å². The van der Waals surface area contributed by atoms with Crippen LogP contribution in [0, 0.1) is 0 Å². The van der Waals surface area contributed by atoms with Gasteiger partial charge >= 0.3 is 0 Å². The van der Waals surface area contributed by atoms with E-state index >= 15 is 0 Å². The molecule has 2 rings (SSSR count). The van der Waals surface area contributed by atoms with E-state index in [1.807, 2.05) is 18.2 Å². The van der Waals surface area contributed by atoms with Crippen LogP contribution in [0.4, 0.5) is 0 Å². The van der Waals surface area contributed by atoms with Crippen molar-refractivity contribution in [3.8, 4) is 0 Å². The maximum absolute atomic E-state index is 12.1. The summed E-state index contributed by atoms with van der Waals surface area (Å²) in [6.45, 7) is 8.02. The summed E-state index contributed by atoms with van der Waals surface area (Å²) in [5.74, 6) is 0.000511. The average Bonchev–Trinajstić information content (AvgIpc) is 2.90. The van der Waals surface area contributed by atoms with Gasteiger partial charge < -0.3 is 10.2 Å². The third kappa shape index (κ3) is 3.77. The maximum Gasteiger partial charge on any atom is 0.261 e. The zero-order chi connectivity index (χ0) is 14.4. The van der Waals surface area contributed by atoms with Crippen molar-refractivity contribution in [2.45, 2.75) is 20.3 Å². The quantitative estimate of drug-likeness (QED) is 0.853. The lowest BCUT2D eigenvalue weighted by Gasteiger charge is -2.19. The number of rotatable bonds is 7. The van der Waals surface area contributed by atoms with Gasteiger partial charge in [0, 0.05) is 19.3 Å². The Kier molecular flexibility index (Phi) is 5.49. The predicted molar refractivity (Wildman–Crippen MR) is 84.4 cm³/mol. The molecule has 0 aliphatic rings. The van der Waals surface area contributed by atoms with Crippen molar-refractivity contribution in [3.63, 3.8) is 0 Å². The molecule has 20 heavy (non-hydrogen) atoms. The molecule has 2 aromatic heterocycles. The lowest BCUT2D eigenvalue weighted by atomic mass is 10.3. The summed E-state index contributed by atoms with van der Waals surface area (Å²) in [5.41, 5.74) is 0.892. The summed E-state index contributed by atoms with van der Waals surface area (Å²) in [7, 11) is 0. The first kappa shape index (κ1) is 14.9. The van der Waals surface area contributed by atoms with E-state index < -0.39 is 0 Å². The normalized spacial score (nSPS) is 11.2. The van der Waals surface area contributed by atoms with Crippen molar-refractivity contribution in [1.82, 2.24) is 15.2 Å². The van der Waals surface area contributed by atoms with Crippen LogP contribution in [0.1, 0.15) is 29.9 Å². The highest BCUT2D eigenvalue weighted by Gasteiger charge is 2.10. The molecule has 0 radical (unpaired) electrons. The smallest absolute Gasteiger partial charge is 0.261 e. The molecule has 2 aromatic rings. The van der Waals surface area contributed by atoms with Gasteiger partial charge in [0.15, 0.2) is 0 Å². The van der Waals surface area contributed by atoms with Crippen LogP contribution < -0.4 is 5.32 Å². The standard InChI is InChI=1S/C15H21N3OS/c1-3-9-18(4-2)10-8-17-15(19)14-11-12-13(20-14)6-5-7-16-12/h5-7,11H,3-4,8-10H2,1-2H3,(H,17,19). The first-order valence-electron chi connectivity index (χ1n) is 7.09. The lowest BCUT2D eigenvalue weighted by molar-refractivity contribution is 0.0952. The Morgan fingerprint density at radius 3 is 2.95 bits per heavy atom. The molecule has 0 aromatic carbocycles. The minimum Gasteiger partial charge on any atom is -0.350 e. The zero-order valence-corrected chi connectivity index (χ0v) is 12.9. The third-order valence-electron chi connectivity index (χ3n) is 3.21. The number of carbonyl (C=O) groups is 1. The Labute approximate surface area is 123 Å². The fraction of sp³-hybridized carbons (Fsp3) is 0.467. The van der Waals surface area contributed by atoms with E-state index in [4.69, 9.17) is 0 Å². The van der Waals surface area contributed by atoms with Gasteiger partial charge in [-0.15, -0.1) is 11.3 Å². The summed E-state index contributed by atoms with van der Waals surface area (Å²) >= 11 is 1.49. The molecule has 108 valence electrons. The Morgan fingerprint density at radius 1 is 1.40 bits per heavy atom. The summed E-state index contributed by atoms with van der Waals surface area (Å²) in [4.78, 5) is 19.4. The average molecular weight is 291 g/mol. The van der Waals surface area contributed by atoms with Gasteiger partial charge in [-0.3, -0.25) is 9.78 Å². The second kappa shape index (κ2) is 7.36. The number of hydrogen-bond donors (Lipinski definition) is 1. The molecule has 0 fully saturated rings. The van der Waals surface area contributed by atoms with Crippen LogP contribution in [0.25, 0.3) is 10.2 Å². The van der Waals surface area contributed by atoms with Crippen molar-refractivity contribution in [1.29, 1.82) is 0 Å². The monoisotopic (exact) mass is 291 g/mol. The number of nitrogens with one attached hydrogen (secondary N) is 1. The number of likely N-dealkylation sites (N-methyl/N-ethyl adjacent to an activating group) is 1. The van der Waals surface area contributed by atoms with Crippen LogP contribution in [0.5, 0.6) is 0 Å². The maximum atomic E-state index is 12.1. The van der Waals surface area contributed by atoms with Gasteiger partial charge in [0.1, 0.15) is 0 Å². The molecular formula is C15H21N3OS. The number of pyridine rings is 1. The van der Waals surface area contributed by atoms with Crippen LogP contribution in [0.2, 0.25) is 0 Å². The number of nitrogens with zero attached hydrogens (tertiary/aromatic N) is 2. The van der Waals surface area contributed by atoms with Crippen LogP contribution in [0.3, 0.4) is 0 Å². The first-order valence-corrected chi connectivity index (χ1v) is 7.91. The van der Waals surface area contributed by atoms with Gasteiger partial charge in [0.2, 0.25) is 0 Å². The topological polar surface area (TPSA) is 45.2 Å². The highest BCUT2D eigenvalue weighted by atomic mass is 32.1. The second-order valence-electron chi connectivity index (χ2n) is 4.69. The van der Waals surface area contributed by atoms with Gasteiger partial charge in [-0.1, -0.05) is 13.8 Å². The highest BCUT2D eigenvalue weighted by Crippen LogP contribution is 2.23. The van der Waals surface area contributed by atoms with Gasteiger partial charge in [0.25, 0.3) is 5.91 Å². The van der Waals surface area contributed by atoms with Crippen LogP contribution >= 0.6 is 11.3 Å². The van der Waals surface area contributed by atoms with Crippen molar-refractivity contribution >= 4 is 27.5 Å². The molecule has 0 bridgehead atoms. The number of thiophene rings is 1. The minimum absolute atomic E-state index is 0.000511. The van der Waals surface area contributed by atoms with E-state index in [0.29, 0.717) is 6.54 Å². The van der Waals surface area contributed by atoms with E-state index in [1.54, 1.807) is 6.20 Å². The van der Waals surface area contributed by atoms with E-state index in [2.05, 4.69) is 29.0 Å². The number of aromatic nitrogens is 1. The summed E-state index contributed by atoms with van der Waals surface area (Å²) in [6.07, 6.45) is 2.89. The molecule has 0 saturated carbocycles. The van der Waals surface area contributed by atoms with Gasteiger partial charge in [-0.05, 0) is 37.7 Å². The molecule has 0 spiro atoms. The van der Waals surface area contributed by atoms with Crippen molar-refractivity contribution < 1.29 is 4.79 Å². The molecule has 0 unspecified atom stereocenters. The van der Waals surface area contributed by atoms with E-state index in [1.165, 1.54) is 11.3 Å². The van der Waals surface area contributed by atoms with E-state index in [0.717, 1.165) is 41.1 Å². The molecule has 0 atom stereocenters. The van der Waals surface area contributed by atoms with E-state index in [-0.39, 0.29) is 5.91 Å². The van der Waals surface area contributed by atoms with Crippen LogP contribution in [0.15, 0.2) is 24.4 Å². The van der Waals surface area contributed by atoms with Crippen molar-refractivity contribution in [2.24, 2.45) is 0 Å². The van der Waals surface area contributed by atoms with Gasteiger partial charge in [-0.2, -0.15) is 0 Å². The Morgan fingerprint density at radius 2 is 2.25 bits per heavy atom. The molecule has 0 aliphatic heterocycles. The summed E-state index contributed by atoms with van der Waals surface area (Å²) in [6, 6.07) is 5.74. The highest BCUT2D eigenvalue weighted by molar-refractivity contribution is 7.20. The largest absolute Gasteiger partial charge is 0.350 e. The molecule has 0 aliphatic carbocycles.